The van der Waals surface area contributed by atoms with Gasteiger partial charge in [-0.1, -0.05) is 0 Å². The molecule has 1 aliphatic heterocycles. The lowest BCUT2D eigenvalue weighted by Gasteiger charge is -2.02. The third-order valence-electron chi connectivity index (χ3n) is 2.72. The van der Waals surface area contributed by atoms with E-state index in [1.54, 1.807) is 0 Å². The number of aromatic nitrogens is 1. The minimum absolute atomic E-state index is 0.0383. The second kappa shape index (κ2) is 4.48. The first-order chi connectivity index (χ1) is 7.94. The molecule has 7 heteroatoms. The van der Waals surface area contributed by atoms with E-state index in [0.29, 0.717) is 24.4 Å². The van der Waals surface area contributed by atoms with E-state index in [1.165, 1.54) is 6.26 Å². The topological polar surface area (TPSA) is 97.5 Å². The molecule has 0 radical (unpaired) electrons. The lowest BCUT2D eigenvalue weighted by atomic mass is 10.1. The normalized spacial score (nSPS) is 22.7. The van der Waals surface area contributed by atoms with E-state index in [0.717, 1.165) is 0 Å². The fraction of sp³-hybridized carbons (Fsp3) is 0.600. The van der Waals surface area contributed by atoms with Gasteiger partial charge in [-0.3, -0.25) is 4.79 Å². The molecular weight excluding hydrogens is 246 g/mol. The van der Waals surface area contributed by atoms with E-state index >= 15 is 0 Å². The molecule has 1 fully saturated rings. The van der Waals surface area contributed by atoms with Gasteiger partial charge in [0, 0.05) is 6.42 Å². The summed E-state index contributed by atoms with van der Waals surface area (Å²) in [4.78, 5) is 14.5. The maximum Gasteiger partial charge on any atom is 0.309 e. The number of rotatable bonds is 4. The number of hydrogen-bond donors (Lipinski definition) is 1. The summed E-state index contributed by atoms with van der Waals surface area (Å²) < 4.78 is 27.6. The van der Waals surface area contributed by atoms with Crippen molar-refractivity contribution in [1.82, 2.24) is 4.98 Å². The summed E-state index contributed by atoms with van der Waals surface area (Å²) in [5.41, 5.74) is 0.369. The lowest BCUT2D eigenvalue weighted by Crippen LogP contribution is -2.08. The summed E-state index contributed by atoms with van der Waals surface area (Å²) >= 11 is 0. The summed E-state index contributed by atoms with van der Waals surface area (Å²) in [6.45, 7) is 0. The molecule has 0 aromatic carbocycles. The zero-order valence-electron chi connectivity index (χ0n) is 9.13. The van der Waals surface area contributed by atoms with Gasteiger partial charge in [0.2, 0.25) is 0 Å². The predicted molar refractivity (Wildman–Crippen MR) is 58.3 cm³/mol. The van der Waals surface area contributed by atoms with E-state index in [9.17, 15) is 13.2 Å². The maximum absolute atomic E-state index is 11.3. The van der Waals surface area contributed by atoms with E-state index in [4.69, 9.17) is 9.52 Å². The van der Waals surface area contributed by atoms with Crippen molar-refractivity contribution in [2.75, 3.05) is 11.5 Å². The highest BCUT2D eigenvalue weighted by Gasteiger charge is 2.29. The fourth-order valence-corrected chi connectivity index (χ4v) is 3.82. The Balaban J connectivity index is 1.96. The van der Waals surface area contributed by atoms with Crippen molar-refractivity contribution in [1.29, 1.82) is 0 Å². The zero-order valence-corrected chi connectivity index (χ0v) is 9.94. The molecule has 17 heavy (non-hydrogen) atoms. The van der Waals surface area contributed by atoms with E-state index in [1.807, 2.05) is 0 Å². The zero-order chi connectivity index (χ0) is 12.5. The van der Waals surface area contributed by atoms with Crippen molar-refractivity contribution < 1.29 is 22.7 Å². The van der Waals surface area contributed by atoms with Gasteiger partial charge >= 0.3 is 5.97 Å². The van der Waals surface area contributed by atoms with E-state index in [-0.39, 0.29) is 23.8 Å². The smallest absolute Gasteiger partial charge is 0.309 e. The third kappa shape index (κ3) is 3.29. The highest BCUT2D eigenvalue weighted by Crippen LogP contribution is 2.22. The van der Waals surface area contributed by atoms with Crippen LogP contribution in [0.4, 0.5) is 0 Å². The van der Waals surface area contributed by atoms with E-state index < -0.39 is 15.8 Å². The van der Waals surface area contributed by atoms with Gasteiger partial charge in [0.05, 0.1) is 23.6 Å². The van der Waals surface area contributed by atoms with Gasteiger partial charge in [-0.2, -0.15) is 0 Å². The van der Waals surface area contributed by atoms with Gasteiger partial charge in [-0.15, -0.1) is 0 Å². The Morgan fingerprint density at radius 2 is 2.35 bits per heavy atom. The van der Waals surface area contributed by atoms with Gasteiger partial charge in [0.1, 0.15) is 6.26 Å². The minimum Gasteiger partial charge on any atom is -0.481 e. The largest absolute Gasteiger partial charge is 0.481 e. The summed E-state index contributed by atoms with van der Waals surface area (Å²) in [6, 6.07) is 0. The van der Waals surface area contributed by atoms with Crippen LogP contribution in [0.2, 0.25) is 0 Å². The first-order valence-corrected chi connectivity index (χ1v) is 7.12. The molecule has 1 saturated heterocycles. The Labute approximate surface area is 98.6 Å². The number of carbonyl (C=O) groups is 1. The number of hydrogen-bond acceptors (Lipinski definition) is 5. The van der Waals surface area contributed by atoms with Crippen molar-refractivity contribution in [2.24, 2.45) is 5.92 Å². The second-order valence-electron chi connectivity index (χ2n) is 4.28. The molecule has 1 atom stereocenters. The Hall–Kier alpha value is -1.37. The van der Waals surface area contributed by atoms with Crippen molar-refractivity contribution >= 4 is 15.8 Å². The summed E-state index contributed by atoms with van der Waals surface area (Å²) in [6.07, 6.45) is 2.22. The molecule has 0 amide bonds. The molecule has 0 spiro atoms. The van der Waals surface area contributed by atoms with Crippen LogP contribution in [0.5, 0.6) is 0 Å². The molecule has 1 aliphatic rings. The summed E-state index contributed by atoms with van der Waals surface area (Å²) in [5, 5.41) is 8.57. The van der Waals surface area contributed by atoms with Crippen LogP contribution in [0, 0.1) is 5.92 Å². The third-order valence-corrected chi connectivity index (χ3v) is 4.56. The Kier molecular flexibility index (Phi) is 3.19. The van der Waals surface area contributed by atoms with Gasteiger partial charge < -0.3 is 9.52 Å². The number of oxazole rings is 1. The predicted octanol–water partition coefficient (Wildman–Crippen LogP) is 0.279. The van der Waals surface area contributed by atoms with Gasteiger partial charge in [0.15, 0.2) is 15.7 Å². The molecule has 1 aromatic rings. The van der Waals surface area contributed by atoms with Crippen LogP contribution in [0.25, 0.3) is 0 Å². The Morgan fingerprint density at radius 1 is 1.59 bits per heavy atom. The van der Waals surface area contributed by atoms with Crippen LogP contribution in [0.15, 0.2) is 10.7 Å². The highest BCUT2D eigenvalue weighted by atomic mass is 32.2. The van der Waals surface area contributed by atoms with Crippen LogP contribution in [0.3, 0.4) is 0 Å². The molecule has 1 aromatic heterocycles. The van der Waals surface area contributed by atoms with Crippen LogP contribution >= 0.6 is 0 Å². The molecule has 1 N–H and O–H groups in total. The first-order valence-electron chi connectivity index (χ1n) is 5.30. The lowest BCUT2D eigenvalue weighted by molar-refractivity contribution is -0.136. The number of sulfone groups is 1. The van der Waals surface area contributed by atoms with Gasteiger partial charge in [-0.05, 0) is 12.3 Å². The van der Waals surface area contributed by atoms with Crippen molar-refractivity contribution in [3.8, 4) is 0 Å². The number of nitrogens with zero attached hydrogens (tertiary/aromatic N) is 1. The number of carboxylic acids is 1. The van der Waals surface area contributed by atoms with Gasteiger partial charge in [-0.25, -0.2) is 13.4 Å². The quantitative estimate of drug-likeness (QED) is 0.834. The molecule has 6 nitrogen and oxygen atoms in total. The second-order valence-corrected chi connectivity index (χ2v) is 6.51. The standard InChI is InChI=1S/C10H13NO5S/c12-10(13)4-8-5-16-9(11-8)3-7-1-2-17(14,15)6-7/h5,7H,1-4,6H2,(H,12,13). The van der Waals surface area contributed by atoms with Crippen molar-refractivity contribution in [3.05, 3.63) is 17.8 Å². The SMILES string of the molecule is O=C(O)Cc1coc(CC2CCS(=O)(=O)C2)n1. The number of carboxylic acid groups (broad SMARTS) is 1. The van der Waals surface area contributed by atoms with Crippen LogP contribution in [0.1, 0.15) is 18.0 Å². The highest BCUT2D eigenvalue weighted by molar-refractivity contribution is 7.91. The molecule has 94 valence electrons. The van der Waals surface area contributed by atoms with Crippen molar-refractivity contribution in [2.45, 2.75) is 19.3 Å². The van der Waals surface area contributed by atoms with Crippen LogP contribution in [-0.4, -0.2) is 36.0 Å². The molecule has 0 bridgehead atoms. The Bertz CT molecular complexity index is 519. The summed E-state index contributed by atoms with van der Waals surface area (Å²) in [7, 11) is -2.89. The molecule has 2 rings (SSSR count). The molecular formula is C10H13NO5S. The van der Waals surface area contributed by atoms with Gasteiger partial charge in [0.25, 0.3) is 0 Å². The molecule has 0 saturated carbocycles. The molecule has 0 aliphatic carbocycles. The Morgan fingerprint density at radius 3 is 2.94 bits per heavy atom. The van der Waals surface area contributed by atoms with Crippen LogP contribution in [-0.2, 0) is 27.5 Å². The average Bonchev–Trinajstić information content (AvgIpc) is 2.73. The fourth-order valence-electron chi connectivity index (χ4n) is 1.96. The monoisotopic (exact) mass is 259 g/mol. The number of aliphatic carboxylic acids is 1. The average molecular weight is 259 g/mol. The summed E-state index contributed by atoms with van der Waals surface area (Å²) in [5.74, 6) is -0.114. The maximum atomic E-state index is 11.3. The first kappa shape index (κ1) is 12.1. The minimum atomic E-state index is -2.89. The molecule has 1 unspecified atom stereocenters. The van der Waals surface area contributed by atoms with Crippen LogP contribution < -0.4 is 0 Å². The molecule has 2 heterocycles. The van der Waals surface area contributed by atoms with E-state index in [2.05, 4.69) is 4.98 Å². The van der Waals surface area contributed by atoms with Crippen molar-refractivity contribution in [3.63, 3.8) is 0 Å².